The lowest BCUT2D eigenvalue weighted by molar-refractivity contribution is -0.165. The van der Waals surface area contributed by atoms with Crippen molar-refractivity contribution in [1.29, 1.82) is 0 Å². The topological polar surface area (TPSA) is 233 Å². The largest absolute Gasteiger partial charge is 0.508 e. The third kappa shape index (κ3) is 5.37. The van der Waals surface area contributed by atoms with Crippen LogP contribution in [0.4, 0.5) is 0 Å². The maximum absolute atomic E-state index is 9.91. The maximum Gasteiger partial charge on any atom is 0.335 e. The van der Waals surface area contributed by atoms with E-state index in [1.807, 2.05) is 6.07 Å². The SMILES string of the molecule is CN1CC[C@]23CCCC[C@H]2[C@H]1Cc1ccc(O)cc13.O.O.O.O=C(O)[C@H](O)[C@@H](O)C(=O)O. The van der Waals surface area contributed by atoms with E-state index in [2.05, 4.69) is 24.1 Å². The summed E-state index contributed by atoms with van der Waals surface area (Å²) in [6.07, 6.45) is 3.39. The van der Waals surface area contributed by atoms with Gasteiger partial charge in [0.05, 0.1) is 0 Å². The molecule has 1 saturated heterocycles. The molecule has 0 spiro atoms. The number of aliphatic hydroxyl groups excluding tert-OH is 2. The van der Waals surface area contributed by atoms with E-state index in [4.69, 9.17) is 20.4 Å². The first-order chi connectivity index (χ1) is 13.7. The molecule has 5 atom stereocenters. The Hall–Kier alpha value is -2.28. The van der Waals surface area contributed by atoms with Gasteiger partial charge in [-0.3, -0.25) is 0 Å². The van der Waals surface area contributed by atoms with Gasteiger partial charge in [-0.2, -0.15) is 0 Å². The smallest absolute Gasteiger partial charge is 0.335 e. The minimum Gasteiger partial charge on any atom is -0.508 e. The van der Waals surface area contributed by atoms with E-state index in [-0.39, 0.29) is 16.4 Å². The first kappa shape index (κ1) is 29.7. The number of phenolic OH excluding ortho intramolecular Hbond substituents is 1. The van der Waals surface area contributed by atoms with Crippen molar-refractivity contribution in [2.24, 2.45) is 5.92 Å². The van der Waals surface area contributed by atoms with Gasteiger partial charge in [0.2, 0.25) is 0 Å². The number of aliphatic carboxylic acids is 2. The fraction of sp³-hybridized carbons (Fsp3) is 0.619. The number of hydrogen-bond acceptors (Lipinski definition) is 6. The molecule has 1 aromatic carbocycles. The minimum atomic E-state index is -2.27. The zero-order valence-corrected chi connectivity index (χ0v) is 18.0. The van der Waals surface area contributed by atoms with Crippen molar-refractivity contribution in [2.75, 3.05) is 13.6 Å². The number of benzene rings is 1. The van der Waals surface area contributed by atoms with Gasteiger partial charge in [-0.15, -0.1) is 0 Å². The highest BCUT2D eigenvalue weighted by atomic mass is 16.4. The van der Waals surface area contributed by atoms with Gasteiger partial charge >= 0.3 is 11.9 Å². The number of piperidine rings is 1. The summed E-state index contributed by atoms with van der Waals surface area (Å²) in [5, 5.41) is 42.4. The molecule has 0 radical (unpaired) electrons. The van der Waals surface area contributed by atoms with Gasteiger partial charge in [0, 0.05) is 11.5 Å². The second kappa shape index (κ2) is 11.5. The van der Waals surface area contributed by atoms with Crippen LogP contribution in [0.15, 0.2) is 18.2 Å². The van der Waals surface area contributed by atoms with Crippen LogP contribution < -0.4 is 0 Å². The first-order valence-electron chi connectivity index (χ1n) is 10.0. The van der Waals surface area contributed by atoms with Crippen LogP contribution in [0.5, 0.6) is 5.75 Å². The van der Waals surface area contributed by atoms with Crippen molar-refractivity contribution in [3.05, 3.63) is 29.3 Å². The normalized spacial score (nSPS) is 27.2. The van der Waals surface area contributed by atoms with Crippen molar-refractivity contribution in [3.8, 4) is 5.75 Å². The van der Waals surface area contributed by atoms with Gasteiger partial charge in [0.25, 0.3) is 0 Å². The van der Waals surface area contributed by atoms with Crippen LogP contribution in [0, 0.1) is 5.92 Å². The summed E-state index contributed by atoms with van der Waals surface area (Å²) >= 11 is 0. The average Bonchev–Trinajstić information content (AvgIpc) is 2.70. The number of carbonyl (C=O) groups is 2. The van der Waals surface area contributed by atoms with Crippen LogP contribution in [0.2, 0.25) is 0 Å². The number of carboxylic acids is 2. The molecule has 1 saturated carbocycles. The lowest BCUT2D eigenvalue weighted by Gasteiger charge is -2.58. The van der Waals surface area contributed by atoms with E-state index >= 15 is 0 Å². The molecule has 2 aliphatic carbocycles. The zero-order valence-electron chi connectivity index (χ0n) is 18.0. The van der Waals surface area contributed by atoms with Gasteiger partial charge < -0.3 is 46.9 Å². The Balaban J connectivity index is 0.000000651. The van der Waals surface area contributed by atoms with Crippen molar-refractivity contribution in [2.45, 2.75) is 62.2 Å². The second-order valence-electron chi connectivity index (χ2n) is 8.42. The Kier molecular flexibility index (Phi) is 10.7. The van der Waals surface area contributed by atoms with E-state index in [0.717, 1.165) is 12.0 Å². The summed E-state index contributed by atoms with van der Waals surface area (Å²) in [5.74, 6) is -2.27. The van der Waals surface area contributed by atoms with Crippen molar-refractivity contribution < 1.29 is 51.6 Å². The Bertz CT molecular complexity index is 770. The van der Waals surface area contributed by atoms with Gasteiger partial charge in [0.15, 0.2) is 12.2 Å². The highest BCUT2D eigenvalue weighted by Crippen LogP contribution is 2.55. The van der Waals surface area contributed by atoms with Gasteiger partial charge in [-0.1, -0.05) is 18.9 Å². The van der Waals surface area contributed by atoms with Crippen LogP contribution in [0.1, 0.15) is 43.2 Å². The summed E-state index contributed by atoms with van der Waals surface area (Å²) < 4.78 is 0. The second-order valence-corrected chi connectivity index (χ2v) is 8.42. The average molecular weight is 462 g/mol. The molecule has 1 aromatic rings. The monoisotopic (exact) mass is 461 g/mol. The van der Waals surface area contributed by atoms with Gasteiger partial charge in [0.1, 0.15) is 5.75 Å². The van der Waals surface area contributed by atoms with E-state index in [9.17, 15) is 14.7 Å². The molecule has 1 aliphatic heterocycles. The van der Waals surface area contributed by atoms with E-state index < -0.39 is 24.1 Å². The lowest BCUT2D eigenvalue weighted by Crippen LogP contribution is -2.59. The number of hydrogen-bond donors (Lipinski definition) is 5. The lowest BCUT2D eigenvalue weighted by atomic mass is 9.52. The molecule has 0 aromatic heterocycles. The Morgan fingerprint density at radius 1 is 1.03 bits per heavy atom. The summed E-state index contributed by atoms with van der Waals surface area (Å²) in [6, 6.07) is 6.85. The molecule has 4 rings (SSSR count). The quantitative estimate of drug-likeness (QED) is 0.354. The molecule has 11 N–H and O–H groups in total. The predicted molar refractivity (Wildman–Crippen MR) is 115 cm³/mol. The third-order valence-corrected chi connectivity index (χ3v) is 6.90. The minimum absolute atomic E-state index is 0. The third-order valence-electron chi connectivity index (χ3n) is 6.90. The number of rotatable bonds is 3. The molecule has 1 heterocycles. The highest BCUT2D eigenvalue weighted by Gasteiger charge is 2.53. The molecular formula is C21H35NO10. The van der Waals surface area contributed by atoms with Crippen LogP contribution >= 0.6 is 0 Å². The first-order valence-corrected chi connectivity index (χ1v) is 10.0. The molecule has 0 amide bonds. The number of carboxylic acid groups (broad SMARTS) is 2. The fourth-order valence-electron chi connectivity index (χ4n) is 5.45. The van der Waals surface area contributed by atoms with Crippen LogP contribution in [-0.2, 0) is 21.4 Å². The summed E-state index contributed by atoms with van der Waals surface area (Å²) in [7, 11) is 2.30. The van der Waals surface area contributed by atoms with E-state index in [1.165, 1.54) is 56.2 Å². The molecule has 2 bridgehead atoms. The van der Waals surface area contributed by atoms with Gasteiger partial charge in [-0.25, -0.2) is 9.59 Å². The van der Waals surface area contributed by atoms with Crippen molar-refractivity contribution >= 4 is 11.9 Å². The molecule has 11 nitrogen and oxygen atoms in total. The number of aromatic hydroxyl groups is 1. The van der Waals surface area contributed by atoms with E-state index in [0.29, 0.717) is 11.2 Å². The summed E-state index contributed by atoms with van der Waals surface area (Å²) in [4.78, 5) is 22.1. The number of nitrogens with zero attached hydrogens (tertiary/aromatic N) is 1. The number of fused-ring (bicyclic) bond motifs is 1. The summed E-state index contributed by atoms with van der Waals surface area (Å²) in [6.45, 7) is 1.22. The molecule has 11 heteroatoms. The van der Waals surface area contributed by atoms with Crippen LogP contribution in [0.3, 0.4) is 0 Å². The Morgan fingerprint density at radius 2 is 1.62 bits per heavy atom. The van der Waals surface area contributed by atoms with Crippen LogP contribution in [0.25, 0.3) is 0 Å². The molecule has 32 heavy (non-hydrogen) atoms. The number of likely N-dealkylation sites (N-methyl/N-ethyl adjacent to an activating group) is 1. The van der Waals surface area contributed by atoms with Crippen molar-refractivity contribution in [3.63, 3.8) is 0 Å². The number of phenols is 1. The Morgan fingerprint density at radius 3 is 2.19 bits per heavy atom. The molecule has 0 unspecified atom stereocenters. The number of aliphatic hydroxyl groups is 2. The standard InChI is InChI=1S/C17H23NO.C4H6O6.3H2O/c1-18-9-8-17-7-3-2-4-14(17)16(18)10-12-5-6-13(19)11-15(12)17;5-1(3(7)8)2(6)4(9)10;;;/h5-6,11,14,16,19H,2-4,7-10H2,1H3;1-2,5-6H,(H,7,8)(H,9,10);3*1H2/t14-,16+,17+;1-,2-;;;/m01.../s1. The number of likely N-dealkylation sites (tertiary alicyclic amines) is 1. The molecule has 3 aliphatic rings. The summed E-state index contributed by atoms with van der Waals surface area (Å²) in [5.41, 5.74) is 3.36. The van der Waals surface area contributed by atoms with Crippen molar-refractivity contribution in [1.82, 2.24) is 4.90 Å². The van der Waals surface area contributed by atoms with Crippen LogP contribution in [-0.4, -0.2) is 90.6 Å². The predicted octanol–water partition coefficient (Wildman–Crippen LogP) is -1.52. The maximum atomic E-state index is 9.91. The molecule has 2 fully saturated rings. The fourth-order valence-corrected chi connectivity index (χ4v) is 5.45. The van der Waals surface area contributed by atoms with Gasteiger partial charge in [-0.05, 0) is 68.5 Å². The zero-order chi connectivity index (χ0) is 21.3. The molecule has 184 valence electrons. The molecular weight excluding hydrogens is 426 g/mol. The van der Waals surface area contributed by atoms with E-state index in [1.54, 1.807) is 0 Å². The highest BCUT2D eigenvalue weighted by molar-refractivity contribution is 5.83. The Labute approximate surface area is 185 Å².